The van der Waals surface area contributed by atoms with Crippen molar-refractivity contribution < 1.29 is 24.7 Å². The van der Waals surface area contributed by atoms with E-state index in [-0.39, 0.29) is 17.1 Å². The minimum Gasteiger partial charge on any atom is -0.481 e. The van der Waals surface area contributed by atoms with Gasteiger partial charge in [0.15, 0.2) is 5.17 Å². The summed E-state index contributed by atoms with van der Waals surface area (Å²) in [5.41, 5.74) is 0.747. The molecule has 8 nitrogen and oxygen atoms in total. The number of hydrogen-bond donors (Lipinski definition) is 4. The van der Waals surface area contributed by atoms with Gasteiger partial charge in [-0.3, -0.25) is 9.59 Å². The number of benzene rings is 1. The molecule has 0 bridgehead atoms. The molecule has 1 aliphatic heterocycles. The molecular weight excluding hydrogens is 309 g/mol. The molecule has 1 aromatic carbocycles. The molecule has 10 heteroatoms. The first-order valence-electron chi connectivity index (χ1n) is 6.23. The second kappa shape index (κ2) is 7.21. The van der Waals surface area contributed by atoms with Crippen molar-refractivity contribution >= 4 is 47.6 Å². The lowest BCUT2D eigenvalue weighted by molar-refractivity contribution is -0.138. The van der Waals surface area contributed by atoms with Gasteiger partial charge < -0.3 is 20.5 Å². The zero-order valence-corrected chi connectivity index (χ0v) is 12.0. The molecule has 114 valence electrons. The highest BCUT2D eigenvalue weighted by Crippen LogP contribution is 2.22. The normalized spacial score (nSPS) is 19.6. The average Bonchev–Trinajstić information content (AvgIpc) is 2.78. The number of thioether (sulfide) groups is 1. The Bertz CT molecular complexity index is 649. The van der Waals surface area contributed by atoms with Crippen molar-refractivity contribution in [1.82, 2.24) is 5.32 Å². The van der Waals surface area contributed by atoms with Gasteiger partial charge in [0.25, 0.3) is 0 Å². The fourth-order valence-electron chi connectivity index (χ4n) is 1.75. The van der Waals surface area contributed by atoms with E-state index in [4.69, 9.17) is 5.11 Å². The van der Waals surface area contributed by atoms with Crippen molar-refractivity contribution in [2.45, 2.75) is 11.7 Å². The zero-order chi connectivity index (χ0) is 16.1. The van der Waals surface area contributed by atoms with Gasteiger partial charge in [-0.1, -0.05) is 36.0 Å². The number of amides is 1. The van der Waals surface area contributed by atoms with Gasteiger partial charge in [-0.05, 0) is 11.0 Å². The van der Waals surface area contributed by atoms with E-state index in [2.05, 4.69) is 15.5 Å². The molecule has 2 rings (SSSR count). The molecule has 1 unspecified atom stereocenters. The fourth-order valence-corrected chi connectivity index (χ4v) is 2.67. The van der Waals surface area contributed by atoms with Crippen LogP contribution in [0.2, 0.25) is 0 Å². The molecule has 1 aromatic rings. The number of nitrogens with zero attached hydrogens (tertiary/aromatic N) is 2. The summed E-state index contributed by atoms with van der Waals surface area (Å²) < 4.78 is 0. The first-order valence-corrected chi connectivity index (χ1v) is 7.10. The molecule has 1 saturated heterocycles. The lowest BCUT2D eigenvalue weighted by Gasteiger charge is -2.02. The minimum absolute atomic E-state index is 0.203. The quantitative estimate of drug-likeness (QED) is 0.305. The zero-order valence-electron chi connectivity index (χ0n) is 11.2. The molecule has 1 amide bonds. The Morgan fingerprint density at radius 2 is 2.14 bits per heavy atom. The molecule has 0 radical (unpaired) electrons. The average molecular weight is 321 g/mol. The Hall–Kier alpha value is -2.17. The third-order valence-corrected chi connectivity index (χ3v) is 3.83. The number of carbonyl (C=O) groups is 2. The van der Waals surface area contributed by atoms with Gasteiger partial charge in [-0.2, -0.15) is 5.10 Å². The Morgan fingerprint density at radius 3 is 2.82 bits per heavy atom. The topological polar surface area (TPSA) is 132 Å². The maximum absolute atomic E-state index is 11.5. The van der Waals surface area contributed by atoms with Crippen LogP contribution in [0.15, 0.2) is 34.5 Å². The molecule has 4 N–H and O–H groups in total. The highest BCUT2D eigenvalue weighted by molar-refractivity contribution is 8.15. The molecule has 1 aliphatic rings. The predicted octanol–water partition coefficient (Wildman–Crippen LogP) is -1.24. The minimum atomic E-state index is -1.63. The summed E-state index contributed by atoms with van der Waals surface area (Å²) in [6.45, 7) is 0. The van der Waals surface area contributed by atoms with E-state index < -0.39 is 24.2 Å². The van der Waals surface area contributed by atoms with Crippen molar-refractivity contribution in [3.63, 3.8) is 0 Å². The summed E-state index contributed by atoms with van der Waals surface area (Å²) in [7, 11) is -1.63. The van der Waals surface area contributed by atoms with Gasteiger partial charge in [0.05, 0.1) is 12.6 Å². The molecule has 0 aliphatic carbocycles. The van der Waals surface area contributed by atoms with Crippen LogP contribution < -0.4 is 10.8 Å². The number of amidine groups is 1. The Morgan fingerprint density at radius 1 is 1.41 bits per heavy atom. The summed E-state index contributed by atoms with van der Waals surface area (Å²) in [5.74, 6) is -1.49. The van der Waals surface area contributed by atoms with E-state index in [0.29, 0.717) is 5.56 Å². The van der Waals surface area contributed by atoms with E-state index in [9.17, 15) is 19.6 Å². The van der Waals surface area contributed by atoms with E-state index in [1.165, 1.54) is 12.3 Å². The molecule has 1 fully saturated rings. The number of nitrogens with one attached hydrogen (secondary N) is 1. The Kier molecular flexibility index (Phi) is 5.31. The Labute approximate surface area is 130 Å². The standard InChI is InChI=1S/C12H12BN3O5S/c17-10(18)5-9-11(19)15-12(22-9)16-14-6-7-3-1-2-4-8(7)13(20)21/h1-4,6,9,20-21H,5H2,(H,17,18)(H,15,16,19). The summed E-state index contributed by atoms with van der Waals surface area (Å²) in [6.07, 6.45) is 1.03. The van der Waals surface area contributed by atoms with Crippen molar-refractivity contribution in [3.05, 3.63) is 29.8 Å². The third kappa shape index (κ3) is 4.17. The monoisotopic (exact) mass is 321 g/mol. The molecule has 0 saturated carbocycles. The molecular formula is C12H12BN3O5S. The van der Waals surface area contributed by atoms with E-state index >= 15 is 0 Å². The van der Waals surface area contributed by atoms with Gasteiger partial charge in [0.1, 0.15) is 5.25 Å². The van der Waals surface area contributed by atoms with E-state index in [1.807, 2.05) is 0 Å². The van der Waals surface area contributed by atoms with Crippen molar-refractivity contribution in [3.8, 4) is 0 Å². The van der Waals surface area contributed by atoms with Crippen LogP contribution in [0, 0.1) is 0 Å². The maximum atomic E-state index is 11.5. The first-order chi connectivity index (χ1) is 10.5. The number of carboxylic acids is 1. The van der Waals surface area contributed by atoms with Crippen molar-refractivity contribution in [2.24, 2.45) is 10.2 Å². The lowest BCUT2D eigenvalue weighted by atomic mass is 9.77. The van der Waals surface area contributed by atoms with Crippen LogP contribution in [0.5, 0.6) is 0 Å². The van der Waals surface area contributed by atoms with Crippen LogP contribution in [0.3, 0.4) is 0 Å². The second-order valence-corrected chi connectivity index (χ2v) is 5.54. The summed E-state index contributed by atoms with van der Waals surface area (Å²) in [5, 5.41) is 36.6. The van der Waals surface area contributed by atoms with Gasteiger partial charge >= 0.3 is 13.1 Å². The van der Waals surface area contributed by atoms with Gasteiger partial charge in [-0.25, -0.2) is 0 Å². The maximum Gasteiger partial charge on any atom is 0.489 e. The third-order valence-electron chi connectivity index (χ3n) is 2.76. The lowest BCUT2D eigenvalue weighted by Crippen LogP contribution is -2.32. The first kappa shape index (κ1) is 16.2. The van der Waals surface area contributed by atoms with Crippen molar-refractivity contribution in [1.29, 1.82) is 0 Å². The largest absolute Gasteiger partial charge is 0.489 e. The molecule has 22 heavy (non-hydrogen) atoms. The second-order valence-electron chi connectivity index (χ2n) is 4.35. The van der Waals surface area contributed by atoms with Gasteiger partial charge in [0.2, 0.25) is 5.91 Å². The summed E-state index contributed by atoms with van der Waals surface area (Å²) >= 11 is 0.989. The van der Waals surface area contributed by atoms with Crippen LogP contribution >= 0.6 is 11.8 Å². The number of carboxylic acid groups (broad SMARTS) is 1. The molecule has 0 spiro atoms. The fraction of sp³-hybridized carbons (Fsp3) is 0.167. The predicted molar refractivity (Wildman–Crippen MR) is 83.1 cm³/mol. The van der Waals surface area contributed by atoms with Crippen LogP contribution in [0.1, 0.15) is 12.0 Å². The number of rotatable bonds is 5. The highest BCUT2D eigenvalue weighted by atomic mass is 32.2. The molecule has 1 heterocycles. The number of carbonyl (C=O) groups excluding carboxylic acids is 1. The van der Waals surface area contributed by atoms with E-state index in [1.54, 1.807) is 18.2 Å². The molecule has 0 aromatic heterocycles. The smallest absolute Gasteiger partial charge is 0.481 e. The molecule has 1 atom stereocenters. The van der Waals surface area contributed by atoms with E-state index in [0.717, 1.165) is 11.8 Å². The van der Waals surface area contributed by atoms with Crippen molar-refractivity contribution in [2.75, 3.05) is 0 Å². The summed E-state index contributed by atoms with van der Waals surface area (Å²) in [6, 6.07) is 6.52. The number of aliphatic carboxylic acids is 1. The van der Waals surface area contributed by atoms with Crippen LogP contribution in [0.4, 0.5) is 0 Å². The van der Waals surface area contributed by atoms with Crippen LogP contribution in [-0.4, -0.2) is 50.8 Å². The van der Waals surface area contributed by atoms with Gasteiger partial charge in [0, 0.05) is 0 Å². The number of hydrogen-bond acceptors (Lipinski definition) is 7. The van der Waals surface area contributed by atoms with Crippen LogP contribution in [-0.2, 0) is 9.59 Å². The Balaban J connectivity index is 2.06. The van der Waals surface area contributed by atoms with Gasteiger partial charge in [-0.15, -0.1) is 5.10 Å². The van der Waals surface area contributed by atoms with Crippen LogP contribution in [0.25, 0.3) is 0 Å². The summed E-state index contributed by atoms with van der Waals surface area (Å²) in [4.78, 5) is 22.1. The SMILES string of the molecule is O=C(O)CC1SC(=NN=Cc2ccccc2B(O)O)NC1=O. The highest BCUT2D eigenvalue weighted by Gasteiger charge is 2.32.